The van der Waals surface area contributed by atoms with E-state index >= 15 is 0 Å². The van der Waals surface area contributed by atoms with Gasteiger partial charge in [-0.3, -0.25) is 4.79 Å². The molecule has 0 aliphatic heterocycles. The lowest BCUT2D eigenvalue weighted by Gasteiger charge is -2.25. The monoisotopic (exact) mass is 213 g/mol. The van der Waals surface area contributed by atoms with Gasteiger partial charge >= 0.3 is 0 Å². The molecule has 3 N–H and O–H groups in total. The predicted molar refractivity (Wildman–Crippen MR) is 58.4 cm³/mol. The Balaban J connectivity index is 2.80. The smallest absolute Gasteiger partial charge is 0.242 e. The molecular weight excluding hydrogens is 198 g/mol. The Morgan fingerprint density at radius 2 is 2.43 bits per heavy atom. The number of primary amides is 1. The minimum absolute atomic E-state index is 0.354. The number of anilines is 1. The van der Waals surface area contributed by atoms with Crippen molar-refractivity contribution in [3.05, 3.63) is 11.1 Å². The zero-order valence-electron chi connectivity index (χ0n) is 8.63. The molecule has 4 nitrogen and oxygen atoms in total. The van der Waals surface area contributed by atoms with Crippen molar-refractivity contribution in [3.63, 3.8) is 0 Å². The van der Waals surface area contributed by atoms with E-state index in [0.717, 1.165) is 10.8 Å². The molecule has 1 heterocycles. The number of carbonyl (C=O) groups is 1. The number of nitrogens with one attached hydrogen (secondary N) is 1. The van der Waals surface area contributed by atoms with Crippen LogP contribution in [0.1, 0.15) is 26.0 Å². The number of nitrogens with zero attached hydrogens (tertiary/aromatic N) is 1. The molecular formula is C9H15N3OS. The van der Waals surface area contributed by atoms with Crippen LogP contribution in [0.5, 0.6) is 0 Å². The average molecular weight is 213 g/mol. The minimum Gasteiger partial charge on any atom is -0.368 e. The maximum atomic E-state index is 11.2. The molecule has 0 aliphatic carbocycles. The van der Waals surface area contributed by atoms with Crippen LogP contribution in [0.3, 0.4) is 0 Å². The first-order valence-electron chi connectivity index (χ1n) is 4.48. The van der Waals surface area contributed by atoms with Gasteiger partial charge < -0.3 is 11.1 Å². The summed E-state index contributed by atoms with van der Waals surface area (Å²) in [4.78, 5) is 15.4. The van der Waals surface area contributed by atoms with Crippen molar-refractivity contribution < 1.29 is 4.79 Å². The molecule has 0 bridgehead atoms. The van der Waals surface area contributed by atoms with Crippen LogP contribution in [-0.4, -0.2) is 16.4 Å². The first-order chi connectivity index (χ1) is 6.48. The highest BCUT2D eigenvalue weighted by Crippen LogP contribution is 2.21. The summed E-state index contributed by atoms with van der Waals surface area (Å²) >= 11 is 1.48. The third-order valence-electron chi connectivity index (χ3n) is 2.25. The number of rotatable bonds is 4. The van der Waals surface area contributed by atoms with Gasteiger partial charge in [-0.15, -0.1) is 11.3 Å². The number of hydrogen-bond acceptors (Lipinski definition) is 4. The van der Waals surface area contributed by atoms with Gasteiger partial charge in [-0.25, -0.2) is 4.98 Å². The molecule has 0 fully saturated rings. The number of aryl methyl sites for hydroxylation is 1. The van der Waals surface area contributed by atoms with Crippen LogP contribution in [0.25, 0.3) is 0 Å². The second kappa shape index (κ2) is 3.96. The Labute approximate surface area is 87.5 Å². The number of aromatic nitrogens is 1. The average Bonchev–Trinajstić information content (AvgIpc) is 2.50. The van der Waals surface area contributed by atoms with Gasteiger partial charge in [0.15, 0.2) is 5.13 Å². The normalized spacial score (nSPS) is 14.8. The van der Waals surface area contributed by atoms with Crippen molar-refractivity contribution in [2.24, 2.45) is 5.73 Å². The molecule has 1 rings (SSSR count). The SMILES string of the molecule is CCC(C)(Nc1nc(C)cs1)C(N)=O. The van der Waals surface area contributed by atoms with Gasteiger partial charge in [-0.2, -0.15) is 0 Å². The highest BCUT2D eigenvalue weighted by Gasteiger charge is 2.29. The molecule has 0 radical (unpaired) electrons. The Bertz CT molecular complexity index is 337. The Morgan fingerprint density at radius 1 is 1.79 bits per heavy atom. The van der Waals surface area contributed by atoms with Crippen LogP contribution < -0.4 is 11.1 Å². The van der Waals surface area contributed by atoms with Crippen LogP contribution in [-0.2, 0) is 4.79 Å². The summed E-state index contributed by atoms with van der Waals surface area (Å²) in [6.07, 6.45) is 0.640. The zero-order valence-corrected chi connectivity index (χ0v) is 9.44. The number of hydrogen-bond donors (Lipinski definition) is 2. The van der Waals surface area contributed by atoms with E-state index in [1.165, 1.54) is 11.3 Å². The lowest BCUT2D eigenvalue weighted by Crippen LogP contribution is -2.47. The highest BCUT2D eigenvalue weighted by molar-refractivity contribution is 7.13. The van der Waals surface area contributed by atoms with Crippen molar-refractivity contribution in [2.45, 2.75) is 32.7 Å². The number of thiazole rings is 1. The van der Waals surface area contributed by atoms with E-state index in [0.29, 0.717) is 6.42 Å². The van der Waals surface area contributed by atoms with E-state index in [4.69, 9.17) is 5.73 Å². The number of nitrogens with two attached hydrogens (primary N) is 1. The summed E-state index contributed by atoms with van der Waals surface area (Å²) < 4.78 is 0. The Hall–Kier alpha value is -1.10. The molecule has 0 aromatic carbocycles. The second-order valence-corrected chi connectivity index (χ2v) is 4.33. The first kappa shape index (κ1) is 11.0. The zero-order chi connectivity index (χ0) is 10.8. The molecule has 1 unspecified atom stereocenters. The van der Waals surface area contributed by atoms with E-state index in [1.807, 2.05) is 19.2 Å². The van der Waals surface area contributed by atoms with Crippen molar-refractivity contribution in [3.8, 4) is 0 Å². The van der Waals surface area contributed by atoms with Crippen LogP contribution in [0.15, 0.2) is 5.38 Å². The van der Waals surface area contributed by atoms with E-state index in [-0.39, 0.29) is 5.91 Å². The van der Waals surface area contributed by atoms with Crippen LogP contribution in [0.4, 0.5) is 5.13 Å². The van der Waals surface area contributed by atoms with Crippen molar-refractivity contribution in [1.29, 1.82) is 0 Å². The van der Waals surface area contributed by atoms with Gasteiger partial charge in [0, 0.05) is 5.38 Å². The molecule has 1 aromatic heterocycles. The summed E-state index contributed by atoms with van der Waals surface area (Å²) in [5, 5.41) is 5.73. The third kappa shape index (κ3) is 2.23. The molecule has 1 amide bonds. The highest BCUT2D eigenvalue weighted by atomic mass is 32.1. The molecule has 0 saturated heterocycles. The molecule has 0 saturated carbocycles. The fourth-order valence-electron chi connectivity index (χ4n) is 0.972. The Kier molecular flexibility index (Phi) is 3.10. The van der Waals surface area contributed by atoms with E-state index in [2.05, 4.69) is 10.3 Å². The third-order valence-corrected chi connectivity index (χ3v) is 3.13. The summed E-state index contributed by atoms with van der Waals surface area (Å²) in [5.74, 6) is -0.354. The molecule has 0 spiro atoms. The molecule has 5 heteroatoms. The fourth-order valence-corrected chi connectivity index (χ4v) is 1.79. The van der Waals surface area contributed by atoms with Gasteiger partial charge in [-0.1, -0.05) is 6.92 Å². The largest absolute Gasteiger partial charge is 0.368 e. The maximum Gasteiger partial charge on any atom is 0.242 e. The van der Waals surface area contributed by atoms with E-state index < -0.39 is 5.54 Å². The fraction of sp³-hybridized carbons (Fsp3) is 0.556. The van der Waals surface area contributed by atoms with Crippen molar-refractivity contribution >= 4 is 22.4 Å². The van der Waals surface area contributed by atoms with Gasteiger partial charge in [0.25, 0.3) is 0 Å². The van der Waals surface area contributed by atoms with Crippen LogP contribution in [0.2, 0.25) is 0 Å². The quantitative estimate of drug-likeness (QED) is 0.796. The minimum atomic E-state index is -0.704. The number of amides is 1. The summed E-state index contributed by atoms with van der Waals surface area (Å²) in [6.45, 7) is 5.61. The van der Waals surface area contributed by atoms with Gasteiger partial charge in [0.1, 0.15) is 5.54 Å². The lowest BCUT2D eigenvalue weighted by molar-refractivity contribution is -0.121. The van der Waals surface area contributed by atoms with Gasteiger partial charge in [0.05, 0.1) is 5.69 Å². The molecule has 78 valence electrons. The van der Waals surface area contributed by atoms with Crippen molar-refractivity contribution in [2.75, 3.05) is 5.32 Å². The second-order valence-electron chi connectivity index (χ2n) is 3.47. The van der Waals surface area contributed by atoms with E-state index in [1.54, 1.807) is 6.92 Å². The van der Waals surface area contributed by atoms with Crippen LogP contribution >= 0.6 is 11.3 Å². The topological polar surface area (TPSA) is 68.0 Å². The summed E-state index contributed by atoms with van der Waals surface area (Å²) in [6, 6.07) is 0. The predicted octanol–water partition coefficient (Wildman–Crippen LogP) is 1.52. The Morgan fingerprint density at radius 3 is 2.79 bits per heavy atom. The first-order valence-corrected chi connectivity index (χ1v) is 5.36. The maximum absolute atomic E-state index is 11.2. The summed E-state index contributed by atoms with van der Waals surface area (Å²) in [7, 11) is 0. The van der Waals surface area contributed by atoms with Gasteiger partial charge in [-0.05, 0) is 20.3 Å². The van der Waals surface area contributed by atoms with E-state index in [9.17, 15) is 4.79 Å². The van der Waals surface area contributed by atoms with Gasteiger partial charge in [0.2, 0.25) is 5.91 Å². The standard InChI is InChI=1S/C9H15N3OS/c1-4-9(3,7(10)13)12-8-11-6(2)5-14-8/h5H,4H2,1-3H3,(H2,10,13)(H,11,12). The number of carbonyl (C=O) groups excluding carboxylic acids is 1. The van der Waals surface area contributed by atoms with Crippen molar-refractivity contribution in [1.82, 2.24) is 4.98 Å². The molecule has 1 atom stereocenters. The lowest BCUT2D eigenvalue weighted by atomic mass is 9.99. The molecule has 1 aromatic rings. The molecule has 0 aliphatic rings. The molecule has 14 heavy (non-hydrogen) atoms. The van der Waals surface area contributed by atoms with Crippen LogP contribution in [0, 0.1) is 6.92 Å². The summed E-state index contributed by atoms with van der Waals surface area (Å²) in [5.41, 5.74) is 5.55.